The molecule has 0 amide bonds. The molecule has 1 heterocycles. The predicted molar refractivity (Wildman–Crippen MR) is 57.8 cm³/mol. The number of rotatable bonds is 7. The summed E-state index contributed by atoms with van der Waals surface area (Å²) in [7, 11) is -21.0. The van der Waals surface area contributed by atoms with Gasteiger partial charge in [0.2, 0.25) is 0 Å². The monoisotopic (exact) mass is 355 g/mol. The molecule has 1 rings (SSSR count). The van der Waals surface area contributed by atoms with Gasteiger partial charge in [0.15, 0.2) is 0 Å². The molecule has 1 aliphatic rings. The first-order valence-corrected chi connectivity index (χ1v) is 11.5. The Morgan fingerprint density at radius 2 is 0.842 bits per heavy atom. The van der Waals surface area contributed by atoms with Crippen LogP contribution in [0, 0.1) is 0 Å². The SMILES string of the molecule is O[Si](O)(O)O[Si](O[Si](O)(O)O)(O[Si](O)(O)O)N1CC1. The zero-order chi connectivity index (χ0) is 15.1. The molecular weight excluding hydrogens is 342 g/mol. The van der Waals surface area contributed by atoms with Crippen LogP contribution < -0.4 is 0 Å². The van der Waals surface area contributed by atoms with Crippen molar-refractivity contribution in [3.63, 3.8) is 0 Å². The van der Waals surface area contributed by atoms with Crippen molar-refractivity contribution in [1.29, 1.82) is 0 Å². The Balaban J connectivity index is 3.03. The molecular formula is C2H13NO12Si4. The molecule has 0 bridgehead atoms. The van der Waals surface area contributed by atoms with Crippen molar-refractivity contribution in [1.82, 2.24) is 4.57 Å². The highest BCUT2D eigenvalue weighted by Gasteiger charge is 2.67. The van der Waals surface area contributed by atoms with E-state index in [-0.39, 0.29) is 13.1 Å². The maximum atomic E-state index is 8.84. The smallest absolute Gasteiger partial charge is 0.368 e. The molecule has 0 aromatic rings. The average molecular weight is 355 g/mol. The van der Waals surface area contributed by atoms with Crippen LogP contribution in [-0.4, -0.2) is 96.9 Å². The van der Waals surface area contributed by atoms with Crippen LogP contribution in [0.5, 0.6) is 0 Å². The van der Waals surface area contributed by atoms with Crippen molar-refractivity contribution in [3.05, 3.63) is 0 Å². The van der Waals surface area contributed by atoms with Crippen molar-refractivity contribution in [2.75, 3.05) is 13.1 Å². The fourth-order valence-corrected chi connectivity index (χ4v) is 9.07. The highest BCUT2D eigenvalue weighted by Crippen LogP contribution is 2.27. The van der Waals surface area contributed by atoms with Gasteiger partial charge in [-0.1, -0.05) is 0 Å². The predicted octanol–water partition coefficient (Wildman–Crippen LogP) is -6.98. The van der Waals surface area contributed by atoms with E-state index >= 15 is 0 Å². The lowest BCUT2D eigenvalue weighted by molar-refractivity contribution is 0.0105. The second kappa shape index (κ2) is 5.28. The van der Waals surface area contributed by atoms with Gasteiger partial charge in [-0.25, -0.2) is 0 Å². The normalized spacial score (nSPS) is 18.8. The van der Waals surface area contributed by atoms with Crippen molar-refractivity contribution in [3.8, 4) is 0 Å². The van der Waals surface area contributed by atoms with Gasteiger partial charge >= 0.3 is 36.1 Å². The van der Waals surface area contributed by atoms with Crippen molar-refractivity contribution >= 4 is 36.1 Å². The summed E-state index contributed by atoms with van der Waals surface area (Å²) in [5, 5.41) is 0. The quantitative estimate of drug-likeness (QED) is 0.153. The van der Waals surface area contributed by atoms with Crippen LogP contribution in [0.1, 0.15) is 0 Å². The highest BCUT2D eigenvalue weighted by atomic mass is 28.5. The summed E-state index contributed by atoms with van der Waals surface area (Å²) in [4.78, 5) is 79.6. The summed E-state index contributed by atoms with van der Waals surface area (Å²) in [5.41, 5.74) is 0. The highest BCUT2D eigenvalue weighted by molar-refractivity contribution is 6.79. The van der Waals surface area contributed by atoms with Gasteiger partial charge in [0.05, 0.1) is 0 Å². The molecule has 0 atom stereocenters. The summed E-state index contributed by atoms with van der Waals surface area (Å²) in [6.45, 7) is 0.122. The Hall–Kier alpha value is 0.348. The lowest BCUT2D eigenvalue weighted by Crippen LogP contribution is -2.70. The van der Waals surface area contributed by atoms with E-state index in [0.29, 0.717) is 0 Å². The minimum Gasteiger partial charge on any atom is -0.368 e. The van der Waals surface area contributed by atoms with E-state index in [1.165, 1.54) is 0 Å². The Bertz CT molecular complexity index is 272. The van der Waals surface area contributed by atoms with Crippen molar-refractivity contribution in [2.45, 2.75) is 0 Å². The zero-order valence-corrected chi connectivity index (χ0v) is 13.1. The Kier molecular flexibility index (Phi) is 4.83. The second-order valence-electron chi connectivity index (χ2n) is 3.54. The fraction of sp³-hybridized carbons (Fsp3) is 1.00. The molecule has 1 aliphatic heterocycles. The minimum absolute atomic E-state index is 0.0612. The van der Waals surface area contributed by atoms with Gasteiger partial charge in [0.1, 0.15) is 0 Å². The molecule has 114 valence electrons. The van der Waals surface area contributed by atoms with E-state index in [1.54, 1.807) is 0 Å². The van der Waals surface area contributed by atoms with Gasteiger partial charge in [-0.2, -0.15) is 0 Å². The van der Waals surface area contributed by atoms with Crippen LogP contribution in [0.2, 0.25) is 0 Å². The van der Waals surface area contributed by atoms with Crippen LogP contribution in [-0.2, 0) is 12.3 Å². The topological polar surface area (TPSA) is 213 Å². The van der Waals surface area contributed by atoms with Crippen LogP contribution in [0.3, 0.4) is 0 Å². The van der Waals surface area contributed by atoms with Crippen LogP contribution in [0.15, 0.2) is 0 Å². The van der Waals surface area contributed by atoms with Gasteiger partial charge in [-0.15, -0.1) is 0 Å². The summed E-state index contributed by atoms with van der Waals surface area (Å²) >= 11 is 0. The van der Waals surface area contributed by atoms with Crippen LogP contribution in [0.25, 0.3) is 0 Å². The van der Waals surface area contributed by atoms with E-state index in [9.17, 15) is 0 Å². The van der Waals surface area contributed by atoms with Gasteiger partial charge in [0.25, 0.3) is 0 Å². The van der Waals surface area contributed by atoms with Crippen LogP contribution >= 0.6 is 0 Å². The molecule has 0 radical (unpaired) electrons. The number of hydrogen-bond acceptors (Lipinski definition) is 13. The third-order valence-electron chi connectivity index (χ3n) is 1.63. The maximum absolute atomic E-state index is 8.84. The third-order valence-corrected chi connectivity index (χ3v) is 9.24. The van der Waals surface area contributed by atoms with Gasteiger partial charge in [-0.3, -0.25) is 4.57 Å². The summed E-state index contributed by atoms with van der Waals surface area (Å²) in [5.74, 6) is 0. The molecule has 13 nitrogen and oxygen atoms in total. The van der Waals surface area contributed by atoms with E-state index in [0.717, 1.165) is 4.57 Å². The van der Waals surface area contributed by atoms with E-state index < -0.39 is 36.1 Å². The number of hydrogen-bond donors (Lipinski definition) is 9. The van der Waals surface area contributed by atoms with E-state index in [1.807, 2.05) is 0 Å². The molecule has 0 spiro atoms. The van der Waals surface area contributed by atoms with Crippen molar-refractivity contribution < 1.29 is 55.5 Å². The Morgan fingerprint density at radius 1 is 0.579 bits per heavy atom. The molecule has 0 aromatic heterocycles. The molecule has 1 saturated heterocycles. The lowest BCUT2D eigenvalue weighted by atomic mass is 11.0. The summed E-state index contributed by atoms with van der Waals surface area (Å²) in [6, 6.07) is 0. The van der Waals surface area contributed by atoms with Crippen LogP contribution in [0.4, 0.5) is 0 Å². The molecule has 0 saturated carbocycles. The molecule has 17 heteroatoms. The van der Waals surface area contributed by atoms with E-state index in [2.05, 4.69) is 12.3 Å². The first kappa shape index (κ1) is 17.4. The van der Waals surface area contributed by atoms with Gasteiger partial charge in [-0.05, 0) is 0 Å². The molecule has 19 heavy (non-hydrogen) atoms. The summed E-state index contributed by atoms with van der Waals surface area (Å²) in [6.07, 6.45) is 0. The minimum atomic E-state index is -5.37. The first-order valence-electron chi connectivity index (χ1n) is 4.59. The zero-order valence-electron chi connectivity index (χ0n) is 9.11. The maximum Gasteiger partial charge on any atom is 0.664 e. The standard InChI is InChI=1S/C2H13NO12Si4/c4-17(5,6)13-16(3-1-2-3,14-18(7,8)9)15-19(10,11)12/h4-12H,1-2H2. The summed E-state index contributed by atoms with van der Waals surface area (Å²) < 4.78 is 13.6. The lowest BCUT2D eigenvalue weighted by Gasteiger charge is -2.34. The number of nitrogens with zero attached hydrogens (tertiary/aromatic N) is 1. The van der Waals surface area contributed by atoms with Crippen molar-refractivity contribution in [2.24, 2.45) is 0 Å². The second-order valence-corrected chi connectivity index (χ2v) is 11.1. The molecule has 0 aliphatic carbocycles. The first-order chi connectivity index (χ1) is 8.23. The molecule has 9 N–H and O–H groups in total. The average Bonchev–Trinajstić information content (AvgIpc) is 2.70. The Labute approximate surface area is 110 Å². The third kappa shape index (κ3) is 6.56. The van der Waals surface area contributed by atoms with E-state index in [4.69, 9.17) is 43.2 Å². The largest absolute Gasteiger partial charge is 0.664 e. The fourth-order valence-electron chi connectivity index (χ4n) is 1.10. The molecule has 1 fully saturated rings. The van der Waals surface area contributed by atoms with Gasteiger partial charge < -0.3 is 55.5 Å². The Morgan fingerprint density at radius 3 is 1.00 bits per heavy atom. The molecule has 0 unspecified atom stereocenters. The van der Waals surface area contributed by atoms with Gasteiger partial charge in [0, 0.05) is 13.1 Å². The molecule has 0 aromatic carbocycles.